The lowest BCUT2D eigenvalue weighted by atomic mass is 10.1. The van der Waals surface area contributed by atoms with Gasteiger partial charge in [-0.05, 0) is 52.6 Å². The summed E-state index contributed by atoms with van der Waals surface area (Å²) in [5.41, 5.74) is 6.14. The van der Waals surface area contributed by atoms with Crippen LogP contribution in [0.2, 0.25) is 0 Å². The Kier molecular flexibility index (Phi) is 9.44. The molecule has 0 atom stereocenters. The molecule has 6 aromatic rings. The van der Waals surface area contributed by atoms with Crippen molar-refractivity contribution in [3.8, 4) is 33.5 Å². The second-order valence-corrected chi connectivity index (χ2v) is 8.03. The first-order valence-electron chi connectivity index (χ1n) is 12.0. The van der Waals surface area contributed by atoms with Gasteiger partial charge in [-0.1, -0.05) is 115 Å². The molecule has 0 saturated carbocycles. The number of rotatable bonds is 3. The number of nitrogens with zero attached hydrogens (tertiary/aromatic N) is 2. The highest BCUT2D eigenvalue weighted by molar-refractivity contribution is 5.63. The molecule has 0 bridgehead atoms. The predicted octanol–water partition coefficient (Wildman–Crippen LogP) is 8.99. The van der Waals surface area contributed by atoms with Crippen molar-refractivity contribution < 1.29 is 4.39 Å². The Balaban J connectivity index is 0.000000130. The molecule has 0 amide bonds. The van der Waals surface area contributed by atoms with Crippen LogP contribution in [0.4, 0.5) is 4.39 Å². The van der Waals surface area contributed by atoms with Crippen molar-refractivity contribution in [3.05, 3.63) is 170 Å². The van der Waals surface area contributed by atoms with Crippen LogP contribution in [0.15, 0.2) is 164 Å². The summed E-state index contributed by atoms with van der Waals surface area (Å²) in [6, 6.07) is 47.1. The van der Waals surface area contributed by atoms with Gasteiger partial charge in [-0.3, -0.25) is 9.97 Å². The number of aromatic nitrogens is 2. The Bertz CT molecular complexity index is 1290. The van der Waals surface area contributed by atoms with E-state index in [1.807, 2.05) is 54.7 Å². The Hall–Kier alpha value is -4.89. The molecule has 0 aliphatic carbocycles. The minimum Gasteiger partial charge on any atom is -0.264 e. The second kappa shape index (κ2) is 13.9. The van der Waals surface area contributed by atoms with Crippen LogP contribution in [0, 0.1) is 5.82 Å². The maximum absolute atomic E-state index is 13.2. The van der Waals surface area contributed by atoms with Gasteiger partial charge in [-0.25, -0.2) is 4.39 Å². The van der Waals surface area contributed by atoms with Crippen LogP contribution in [0.5, 0.6) is 0 Å². The van der Waals surface area contributed by atoms with Gasteiger partial charge >= 0.3 is 0 Å². The molecule has 37 heavy (non-hydrogen) atoms. The quantitative estimate of drug-likeness (QED) is 0.251. The number of pyridine rings is 2. The average molecular weight is 483 g/mol. The molecule has 3 heteroatoms. The van der Waals surface area contributed by atoms with E-state index in [0.29, 0.717) is 11.3 Å². The van der Waals surface area contributed by atoms with Crippen molar-refractivity contribution in [1.29, 1.82) is 0 Å². The molecule has 0 radical (unpaired) electrons. The van der Waals surface area contributed by atoms with Gasteiger partial charge < -0.3 is 0 Å². The molecule has 0 spiro atoms. The standard InChI is InChI=1S/C12H10.C11H8FN.C11H9N/c1-3-7-11(8-4-1)12-9-5-2-6-10-12;12-10-6-2-1-5-9(10)11-7-3-4-8-13-11;1-2-5-10(6-3-1)11-7-4-8-12-9-11/h1-10H;1-8H;1-9H. The molecule has 2 heterocycles. The van der Waals surface area contributed by atoms with Gasteiger partial charge in [0.15, 0.2) is 0 Å². The van der Waals surface area contributed by atoms with Crippen LogP contribution < -0.4 is 0 Å². The van der Waals surface area contributed by atoms with E-state index in [4.69, 9.17) is 0 Å². The van der Waals surface area contributed by atoms with Gasteiger partial charge in [0.2, 0.25) is 0 Å². The molecule has 2 aromatic heterocycles. The van der Waals surface area contributed by atoms with E-state index < -0.39 is 0 Å². The number of halogens is 1. The van der Waals surface area contributed by atoms with Crippen LogP contribution in [0.25, 0.3) is 33.5 Å². The third-order valence-corrected chi connectivity index (χ3v) is 5.46. The maximum atomic E-state index is 13.2. The minimum atomic E-state index is -0.235. The van der Waals surface area contributed by atoms with Gasteiger partial charge in [-0.15, -0.1) is 0 Å². The minimum absolute atomic E-state index is 0.235. The summed E-state index contributed by atoms with van der Waals surface area (Å²) in [5, 5.41) is 0. The molecule has 0 aliphatic heterocycles. The van der Waals surface area contributed by atoms with Crippen LogP contribution in [0.3, 0.4) is 0 Å². The summed E-state index contributed by atoms with van der Waals surface area (Å²) in [7, 11) is 0. The van der Waals surface area contributed by atoms with Crippen molar-refractivity contribution in [2.75, 3.05) is 0 Å². The van der Waals surface area contributed by atoms with Gasteiger partial charge in [0, 0.05) is 24.2 Å². The Morgan fingerprint density at radius 3 is 1.38 bits per heavy atom. The zero-order valence-corrected chi connectivity index (χ0v) is 20.4. The van der Waals surface area contributed by atoms with Gasteiger partial charge in [0.05, 0.1) is 5.69 Å². The average Bonchev–Trinajstić information content (AvgIpc) is 3.00. The van der Waals surface area contributed by atoms with Crippen LogP contribution >= 0.6 is 0 Å². The molecular weight excluding hydrogens is 455 g/mol. The van der Waals surface area contributed by atoms with E-state index >= 15 is 0 Å². The van der Waals surface area contributed by atoms with Crippen molar-refractivity contribution in [2.45, 2.75) is 0 Å². The summed E-state index contributed by atoms with van der Waals surface area (Å²) >= 11 is 0. The van der Waals surface area contributed by atoms with Crippen molar-refractivity contribution in [3.63, 3.8) is 0 Å². The van der Waals surface area contributed by atoms with Crippen LogP contribution in [-0.2, 0) is 0 Å². The van der Waals surface area contributed by atoms with E-state index in [1.165, 1.54) is 22.8 Å². The summed E-state index contributed by atoms with van der Waals surface area (Å²) < 4.78 is 13.2. The largest absolute Gasteiger partial charge is 0.264 e. The van der Waals surface area contributed by atoms with Crippen LogP contribution in [-0.4, -0.2) is 9.97 Å². The first-order chi connectivity index (χ1) is 18.3. The molecule has 0 saturated heterocycles. The van der Waals surface area contributed by atoms with E-state index in [9.17, 15) is 4.39 Å². The lowest BCUT2D eigenvalue weighted by molar-refractivity contribution is 0.631. The van der Waals surface area contributed by atoms with Crippen LogP contribution in [0.1, 0.15) is 0 Å². The van der Waals surface area contributed by atoms with Gasteiger partial charge in [-0.2, -0.15) is 0 Å². The molecule has 4 aromatic carbocycles. The fraction of sp³-hybridized carbons (Fsp3) is 0. The summed E-state index contributed by atoms with van der Waals surface area (Å²) in [6.07, 6.45) is 5.31. The first kappa shape index (κ1) is 25.2. The number of hydrogen-bond donors (Lipinski definition) is 0. The van der Waals surface area contributed by atoms with Crippen molar-refractivity contribution in [2.24, 2.45) is 0 Å². The number of benzene rings is 4. The van der Waals surface area contributed by atoms with Crippen molar-refractivity contribution >= 4 is 0 Å². The zero-order valence-electron chi connectivity index (χ0n) is 20.4. The Morgan fingerprint density at radius 2 is 0.892 bits per heavy atom. The molecular formula is C34H27FN2. The van der Waals surface area contributed by atoms with Gasteiger partial charge in [0.25, 0.3) is 0 Å². The molecule has 0 fully saturated rings. The smallest absolute Gasteiger partial charge is 0.132 e. The van der Waals surface area contributed by atoms with Gasteiger partial charge in [0.1, 0.15) is 5.82 Å². The molecule has 180 valence electrons. The summed E-state index contributed by atoms with van der Waals surface area (Å²) in [5.74, 6) is -0.235. The Morgan fingerprint density at radius 1 is 0.405 bits per heavy atom. The second-order valence-electron chi connectivity index (χ2n) is 8.03. The Labute approximate surface area is 217 Å². The molecule has 0 aliphatic rings. The maximum Gasteiger partial charge on any atom is 0.132 e. The fourth-order valence-electron chi connectivity index (χ4n) is 3.62. The zero-order chi connectivity index (χ0) is 25.5. The lowest BCUT2D eigenvalue weighted by Gasteiger charge is -2.00. The summed E-state index contributed by atoms with van der Waals surface area (Å²) in [4.78, 5) is 8.13. The summed E-state index contributed by atoms with van der Waals surface area (Å²) in [6.45, 7) is 0. The van der Waals surface area contributed by atoms with E-state index in [2.05, 4.69) is 76.7 Å². The topological polar surface area (TPSA) is 25.8 Å². The predicted molar refractivity (Wildman–Crippen MR) is 151 cm³/mol. The SMILES string of the molecule is Fc1ccccc1-c1ccccn1.c1ccc(-c2ccccc2)cc1.c1ccc(-c2cccnc2)cc1. The third kappa shape index (κ3) is 7.81. The highest BCUT2D eigenvalue weighted by Crippen LogP contribution is 2.19. The fourth-order valence-corrected chi connectivity index (χ4v) is 3.62. The lowest BCUT2D eigenvalue weighted by Crippen LogP contribution is -1.85. The van der Waals surface area contributed by atoms with E-state index in [0.717, 1.165) is 5.56 Å². The molecule has 0 unspecified atom stereocenters. The molecule has 2 nitrogen and oxygen atoms in total. The highest BCUT2D eigenvalue weighted by Gasteiger charge is 2.02. The third-order valence-electron chi connectivity index (χ3n) is 5.46. The molecule has 0 N–H and O–H groups in total. The monoisotopic (exact) mass is 482 g/mol. The molecule has 6 rings (SSSR count). The normalized spacial score (nSPS) is 9.76. The highest BCUT2D eigenvalue weighted by atomic mass is 19.1. The van der Waals surface area contributed by atoms with E-state index in [1.54, 1.807) is 36.7 Å². The van der Waals surface area contributed by atoms with E-state index in [-0.39, 0.29) is 5.82 Å². The first-order valence-corrected chi connectivity index (χ1v) is 12.0. The number of hydrogen-bond acceptors (Lipinski definition) is 2. The van der Waals surface area contributed by atoms with Crippen molar-refractivity contribution in [1.82, 2.24) is 9.97 Å².